The van der Waals surface area contributed by atoms with Crippen LogP contribution in [0.1, 0.15) is 0 Å². The van der Waals surface area contributed by atoms with E-state index in [1.807, 2.05) is 0 Å². The van der Waals surface area contributed by atoms with Crippen LogP contribution in [0.5, 0.6) is 0 Å². The summed E-state index contributed by atoms with van der Waals surface area (Å²) < 4.78 is 13.9. The molecule has 0 aliphatic rings. The van der Waals surface area contributed by atoms with Crippen molar-refractivity contribution in [2.75, 3.05) is 0 Å². The highest BCUT2D eigenvalue weighted by atomic mass is 79.9. The van der Waals surface area contributed by atoms with Crippen LogP contribution < -0.4 is 0 Å². The Balaban J connectivity index is 2.52. The average Bonchev–Trinajstić information content (AvgIpc) is 2.53. The zero-order valence-corrected chi connectivity index (χ0v) is 8.77. The maximum atomic E-state index is 13.2. The van der Waals surface area contributed by atoms with Gasteiger partial charge in [-0.1, -0.05) is 23.5 Å². The van der Waals surface area contributed by atoms with Gasteiger partial charge in [0.2, 0.25) is 0 Å². The van der Waals surface area contributed by atoms with Gasteiger partial charge >= 0.3 is 0 Å². The molecule has 0 saturated heterocycles. The molecule has 1 aromatic heterocycles. The molecular formula is C8H4BrFN2S. The molecule has 0 spiro atoms. The van der Waals surface area contributed by atoms with Crippen molar-refractivity contribution < 1.29 is 4.39 Å². The molecule has 2 rings (SSSR count). The normalized spacial score (nSPS) is 10.3. The van der Waals surface area contributed by atoms with Gasteiger partial charge in [-0.15, -0.1) is 10.2 Å². The molecule has 0 fully saturated rings. The van der Waals surface area contributed by atoms with Crippen LogP contribution in [0, 0.1) is 5.82 Å². The maximum absolute atomic E-state index is 13.2. The van der Waals surface area contributed by atoms with E-state index in [2.05, 4.69) is 26.1 Å². The van der Waals surface area contributed by atoms with Gasteiger partial charge in [-0.05, 0) is 28.1 Å². The largest absolute Gasteiger partial charge is 0.206 e. The molecule has 1 aromatic carbocycles. The quantitative estimate of drug-likeness (QED) is 0.786. The molecular weight excluding hydrogens is 255 g/mol. The predicted octanol–water partition coefficient (Wildman–Crippen LogP) is 3.11. The summed E-state index contributed by atoms with van der Waals surface area (Å²) in [6.45, 7) is 0. The number of rotatable bonds is 1. The number of hydrogen-bond donors (Lipinski definition) is 0. The van der Waals surface area contributed by atoms with Crippen LogP contribution in [0.4, 0.5) is 4.39 Å². The molecule has 0 radical (unpaired) electrons. The van der Waals surface area contributed by atoms with Gasteiger partial charge in [-0.3, -0.25) is 0 Å². The summed E-state index contributed by atoms with van der Waals surface area (Å²) in [6.07, 6.45) is 0. The molecule has 5 heteroatoms. The molecule has 0 aliphatic carbocycles. The number of halogens is 2. The Morgan fingerprint density at radius 2 is 2.00 bits per heavy atom. The molecule has 0 unspecified atom stereocenters. The fourth-order valence-electron chi connectivity index (χ4n) is 0.949. The van der Waals surface area contributed by atoms with Crippen LogP contribution in [0.15, 0.2) is 28.2 Å². The SMILES string of the molecule is Fc1ccccc1-c1nnc(Br)s1. The highest BCUT2D eigenvalue weighted by Gasteiger charge is 2.08. The summed E-state index contributed by atoms with van der Waals surface area (Å²) in [6, 6.07) is 6.51. The molecule has 13 heavy (non-hydrogen) atoms. The monoisotopic (exact) mass is 258 g/mol. The lowest BCUT2D eigenvalue weighted by atomic mass is 10.2. The van der Waals surface area contributed by atoms with Crippen LogP contribution in [0.3, 0.4) is 0 Å². The average molecular weight is 259 g/mol. The van der Waals surface area contributed by atoms with E-state index < -0.39 is 0 Å². The van der Waals surface area contributed by atoms with Gasteiger partial charge in [0.15, 0.2) is 8.92 Å². The lowest BCUT2D eigenvalue weighted by molar-refractivity contribution is 0.631. The van der Waals surface area contributed by atoms with Crippen LogP contribution >= 0.6 is 27.3 Å². The third-order valence-electron chi connectivity index (χ3n) is 1.50. The topological polar surface area (TPSA) is 25.8 Å². The lowest BCUT2D eigenvalue weighted by Gasteiger charge is -1.95. The molecule has 0 aliphatic heterocycles. The Bertz CT molecular complexity index is 430. The summed E-state index contributed by atoms with van der Waals surface area (Å²) in [5.74, 6) is -0.272. The van der Waals surface area contributed by atoms with Crippen molar-refractivity contribution in [3.63, 3.8) is 0 Å². The van der Waals surface area contributed by atoms with Crippen molar-refractivity contribution in [1.29, 1.82) is 0 Å². The smallest absolute Gasteiger partial charge is 0.183 e. The molecule has 0 amide bonds. The summed E-state index contributed by atoms with van der Waals surface area (Å²) >= 11 is 4.49. The van der Waals surface area contributed by atoms with E-state index >= 15 is 0 Å². The Morgan fingerprint density at radius 3 is 2.62 bits per heavy atom. The molecule has 0 N–H and O–H groups in total. The van der Waals surface area contributed by atoms with Crippen LogP contribution in [-0.4, -0.2) is 10.2 Å². The highest BCUT2D eigenvalue weighted by molar-refractivity contribution is 9.11. The van der Waals surface area contributed by atoms with Gasteiger partial charge in [0.05, 0.1) is 0 Å². The lowest BCUT2D eigenvalue weighted by Crippen LogP contribution is -1.81. The zero-order chi connectivity index (χ0) is 9.26. The Labute approximate surface area is 86.6 Å². The minimum Gasteiger partial charge on any atom is -0.206 e. The molecule has 2 nitrogen and oxygen atoms in total. The Hall–Kier alpha value is -0.810. The fraction of sp³-hybridized carbons (Fsp3) is 0. The molecule has 0 bridgehead atoms. The van der Waals surface area contributed by atoms with E-state index in [-0.39, 0.29) is 5.82 Å². The van der Waals surface area contributed by atoms with Crippen LogP contribution in [-0.2, 0) is 0 Å². The van der Waals surface area contributed by atoms with Gasteiger partial charge in [0.25, 0.3) is 0 Å². The first-order chi connectivity index (χ1) is 6.27. The van der Waals surface area contributed by atoms with Gasteiger partial charge in [0, 0.05) is 5.56 Å². The first-order valence-corrected chi connectivity index (χ1v) is 5.12. The molecule has 66 valence electrons. The predicted molar refractivity (Wildman–Crippen MR) is 53.0 cm³/mol. The van der Waals surface area contributed by atoms with Crippen LogP contribution in [0.2, 0.25) is 0 Å². The summed E-state index contributed by atoms with van der Waals surface area (Å²) in [5.41, 5.74) is 0.491. The number of aromatic nitrogens is 2. The zero-order valence-electron chi connectivity index (χ0n) is 6.37. The first-order valence-electron chi connectivity index (χ1n) is 3.51. The van der Waals surface area contributed by atoms with E-state index in [0.717, 1.165) is 0 Å². The van der Waals surface area contributed by atoms with E-state index in [9.17, 15) is 4.39 Å². The standard InChI is InChI=1S/C8H4BrFN2S/c9-8-12-11-7(13-8)5-3-1-2-4-6(5)10/h1-4H. The van der Waals surface area contributed by atoms with Crippen LogP contribution in [0.25, 0.3) is 10.6 Å². The fourth-order valence-corrected chi connectivity index (χ4v) is 2.09. The van der Waals surface area contributed by atoms with Crippen molar-refractivity contribution >= 4 is 27.3 Å². The van der Waals surface area contributed by atoms with Crippen molar-refractivity contribution in [3.8, 4) is 10.6 Å². The molecule has 0 saturated carbocycles. The number of nitrogens with zero attached hydrogens (tertiary/aromatic N) is 2. The molecule has 2 aromatic rings. The van der Waals surface area contributed by atoms with Crippen molar-refractivity contribution in [1.82, 2.24) is 10.2 Å². The van der Waals surface area contributed by atoms with Crippen molar-refractivity contribution in [2.24, 2.45) is 0 Å². The van der Waals surface area contributed by atoms with E-state index in [1.165, 1.54) is 17.4 Å². The minimum atomic E-state index is -0.272. The van der Waals surface area contributed by atoms with E-state index in [0.29, 0.717) is 14.5 Å². The second-order valence-electron chi connectivity index (χ2n) is 2.34. The second kappa shape index (κ2) is 3.51. The maximum Gasteiger partial charge on any atom is 0.183 e. The number of benzene rings is 1. The van der Waals surface area contributed by atoms with Gasteiger partial charge in [-0.25, -0.2) is 4.39 Å². The first kappa shape index (κ1) is 8.77. The third kappa shape index (κ3) is 1.76. The van der Waals surface area contributed by atoms with Crippen molar-refractivity contribution in [2.45, 2.75) is 0 Å². The van der Waals surface area contributed by atoms with Gasteiger partial charge in [0.1, 0.15) is 5.82 Å². The summed E-state index contributed by atoms with van der Waals surface area (Å²) in [7, 11) is 0. The Kier molecular flexibility index (Phi) is 2.37. The minimum absolute atomic E-state index is 0.272. The second-order valence-corrected chi connectivity index (χ2v) is 4.59. The highest BCUT2D eigenvalue weighted by Crippen LogP contribution is 2.27. The summed E-state index contributed by atoms with van der Waals surface area (Å²) in [5, 5.41) is 8.17. The van der Waals surface area contributed by atoms with E-state index in [4.69, 9.17) is 0 Å². The van der Waals surface area contributed by atoms with E-state index in [1.54, 1.807) is 18.2 Å². The third-order valence-corrected chi connectivity index (χ3v) is 2.89. The summed E-state index contributed by atoms with van der Waals surface area (Å²) in [4.78, 5) is 0. The molecule has 1 heterocycles. The molecule has 0 atom stereocenters. The van der Waals surface area contributed by atoms with Gasteiger partial charge in [-0.2, -0.15) is 0 Å². The number of hydrogen-bond acceptors (Lipinski definition) is 3. The Morgan fingerprint density at radius 1 is 1.23 bits per heavy atom. The van der Waals surface area contributed by atoms with Crippen molar-refractivity contribution in [3.05, 3.63) is 34.0 Å². The van der Waals surface area contributed by atoms with Gasteiger partial charge < -0.3 is 0 Å².